The second-order valence-electron chi connectivity index (χ2n) is 6.52. The predicted molar refractivity (Wildman–Crippen MR) is 97.4 cm³/mol. The molecule has 126 valence electrons. The van der Waals surface area contributed by atoms with Crippen LogP contribution in [-0.2, 0) is 15.0 Å². The smallest absolute Gasteiger partial charge is 0.265 e. The number of benzene rings is 1. The Morgan fingerprint density at radius 2 is 2.00 bits per heavy atom. The minimum absolute atomic E-state index is 0.0507. The lowest BCUT2D eigenvalue weighted by atomic mass is 9.85. The Kier molecular flexibility index (Phi) is 4.89. The van der Waals surface area contributed by atoms with Crippen molar-refractivity contribution < 1.29 is 14.7 Å². The molecule has 0 atom stereocenters. The van der Waals surface area contributed by atoms with Crippen molar-refractivity contribution in [2.24, 2.45) is 0 Å². The van der Waals surface area contributed by atoms with Crippen molar-refractivity contribution in [2.75, 3.05) is 6.54 Å². The summed E-state index contributed by atoms with van der Waals surface area (Å²) in [6.07, 6.45) is 2.91. The summed E-state index contributed by atoms with van der Waals surface area (Å²) in [7, 11) is 0. The van der Waals surface area contributed by atoms with Crippen LogP contribution in [0.15, 0.2) is 36.4 Å². The van der Waals surface area contributed by atoms with Crippen molar-refractivity contribution in [3.63, 3.8) is 0 Å². The van der Waals surface area contributed by atoms with Crippen LogP contribution >= 0.6 is 12.2 Å². The second kappa shape index (κ2) is 6.57. The maximum atomic E-state index is 12.5. The van der Waals surface area contributed by atoms with Gasteiger partial charge in [-0.1, -0.05) is 45.0 Å². The number of phenolic OH excluding ortho intramolecular Hbond substituents is 1. The van der Waals surface area contributed by atoms with Crippen molar-refractivity contribution in [3.05, 3.63) is 47.6 Å². The molecular weight excluding hydrogens is 324 g/mol. The first-order valence-electron chi connectivity index (χ1n) is 7.49. The summed E-state index contributed by atoms with van der Waals surface area (Å²) in [6.45, 7) is 9.70. The van der Waals surface area contributed by atoms with Gasteiger partial charge in [0.2, 0.25) is 0 Å². The van der Waals surface area contributed by atoms with Gasteiger partial charge in [-0.05, 0) is 29.3 Å². The van der Waals surface area contributed by atoms with E-state index >= 15 is 0 Å². The Labute approximate surface area is 146 Å². The molecule has 0 aliphatic carbocycles. The maximum Gasteiger partial charge on any atom is 0.265 e. The maximum absolute atomic E-state index is 12.5. The van der Waals surface area contributed by atoms with Gasteiger partial charge >= 0.3 is 0 Å². The largest absolute Gasteiger partial charge is 0.507 e. The van der Waals surface area contributed by atoms with Gasteiger partial charge in [0.15, 0.2) is 5.11 Å². The Morgan fingerprint density at radius 1 is 1.33 bits per heavy atom. The summed E-state index contributed by atoms with van der Waals surface area (Å²) in [5.74, 6) is -1.03. The number of hydrogen-bond acceptors (Lipinski definition) is 4. The number of rotatable bonds is 3. The van der Waals surface area contributed by atoms with Gasteiger partial charge in [-0.2, -0.15) is 0 Å². The van der Waals surface area contributed by atoms with E-state index < -0.39 is 11.8 Å². The Hall–Kier alpha value is -2.47. The lowest BCUT2D eigenvalue weighted by Crippen LogP contribution is -2.53. The third-order valence-corrected chi connectivity index (χ3v) is 4.00. The quantitative estimate of drug-likeness (QED) is 0.383. The highest BCUT2D eigenvalue weighted by atomic mass is 32.1. The van der Waals surface area contributed by atoms with Gasteiger partial charge in [0.25, 0.3) is 11.8 Å². The van der Waals surface area contributed by atoms with Crippen molar-refractivity contribution in [3.8, 4) is 5.75 Å². The Balaban J connectivity index is 2.50. The van der Waals surface area contributed by atoms with E-state index in [1.165, 1.54) is 17.1 Å². The van der Waals surface area contributed by atoms with E-state index in [4.69, 9.17) is 12.2 Å². The minimum Gasteiger partial charge on any atom is -0.507 e. The molecule has 0 bridgehead atoms. The van der Waals surface area contributed by atoms with Crippen LogP contribution in [0.2, 0.25) is 0 Å². The van der Waals surface area contributed by atoms with Gasteiger partial charge in [0.1, 0.15) is 11.3 Å². The topological polar surface area (TPSA) is 69.6 Å². The Morgan fingerprint density at radius 3 is 2.58 bits per heavy atom. The van der Waals surface area contributed by atoms with Crippen molar-refractivity contribution in [2.45, 2.75) is 26.2 Å². The summed E-state index contributed by atoms with van der Waals surface area (Å²) in [5.41, 5.74) is 0.798. The molecule has 1 aliphatic rings. The average molecular weight is 344 g/mol. The van der Waals surface area contributed by atoms with Crippen LogP contribution in [0, 0.1) is 0 Å². The van der Waals surface area contributed by atoms with Crippen LogP contribution in [0.25, 0.3) is 6.08 Å². The molecule has 2 N–H and O–H groups in total. The van der Waals surface area contributed by atoms with E-state index in [0.717, 1.165) is 5.56 Å². The molecule has 2 rings (SSSR count). The van der Waals surface area contributed by atoms with Gasteiger partial charge in [-0.15, -0.1) is 6.58 Å². The first-order chi connectivity index (χ1) is 11.2. The molecule has 0 unspecified atom stereocenters. The fourth-order valence-corrected chi connectivity index (χ4v) is 2.68. The molecule has 0 saturated carbocycles. The van der Waals surface area contributed by atoms with Crippen molar-refractivity contribution >= 4 is 35.2 Å². The second-order valence-corrected chi connectivity index (χ2v) is 6.90. The number of carbonyl (C=O) groups excluding carboxylic acids is 2. The number of phenols is 1. The molecule has 1 saturated heterocycles. The van der Waals surface area contributed by atoms with Crippen LogP contribution in [0.1, 0.15) is 31.9 Å². The first-order valence-corrected chi connectivity index (χ1v) is 7.90. The number of para-hydroxylation sites is 1. The molecule has 6 heteroatoms. The van der Waals surface area contributed by atoms with E-state index in [2.05, 4.69) is 11.9 Å². The third kappa shape index (κ3) is 3.38. The summed E-state index contributed by atoms with van der Waals surface area (Å²) in [6, 6.07) is 5.26. The molecule has 0 radical (unpaired) electrons. The average Bonchev–Trinajstić information content (AvgIpc) is 2.48. The fourth-order valence-electron chi connectivity index (χ4n) is 2.43. The normalized spacial score (nSPS) is 17.2. The molecule has 24 heavy (non-hydrogen) atoms. The molecule has 1 aromatic rings. The number of hydrogen-bond donors (Lipinski definition) is 2. The summed E-state index contributed by atoms with van der Waals surface area (Å²) >= 11 is 5.01. The molecule has 0 aromatic heterocycles. The number of nitrogens with one attached hydrogen (secondary N) is 1. The molecule has 0 spiro atoms. The molecular formula is C18H20N2O3S. The van der Waals surface area contributed by atoms with Crippen LogP contribution in [0.5, 0.6) is 5.75 Å². The van der Waals surface area contributed by atoms with E-state index in [9.17, 15) is 14.7 Å². The van der Waals surface area contributed by atoms with E-state index in [0.29, 0.717) is 5.56 Å². The lowest BCUT2D eigenvalue weighted by Gasteiger charge is -2.28. The van der Waals surface area contributed by atoms with Gasteiger partial charge in [-0.25, -0.2) is 0 Å². The summed E-state index contributed by atoms with van der Waals surface area (Å²) < 4.78 is 0. The van der Waals surface area contributed by atoms with Crippen LogP contribution in [0.3, 0.4) is 0 Å². The number of amides is 2. The molecule has 2 amide bonds. The summed E-state index contributed by atoms with van der Waals surface area (Å²) in [5, 5.41) is 13.0. The standard InChI is InChI=1S/C18H20N2O3S/c1-5-9-20-16(23)12(15(22)19-17(20)24)10-11-7-6-8-13(14(11)21)18(2,3)4/h5-8,10,21H,1,9H2,2-4H3,(H,19,22,24). The predicted octanol–water partition coefficient (Wildman–Crippen LogP) is 2.50. The highest BCUT2D eigenvalue weighted by Gasteiger charge is 2.33. The van der Waals surface area contributed by atoms with Gasteiger partial charge in [-0.3, -0.25) is 19.8 Å². The monoisotopic (exact) mass is 344 g/mol. The zero-order valence-corrected chi connectivity index (χ0v) is 14.7. The van der Waals surface area contributed by atoms with E-state index in [1.807, 2.05) is 26.8 Å². The molecule has 1 heterocycles. The fraction of sp³-hybridized carbons (Fsp3) is 0.278. The third-order valence-electron chi connectivity index (χ3n) is 3.67. The highest BCUT2D eigenvalue weighted by molar-refractivity contribution is 7.80. The summed E-state index contributed by atoms with van der Waals surface area (Å²) in [4.78, 5) is 25.9. The van der Waals surface area contributed by atoms with Crippen molar-refractivity contribution in [1.29, 1.82) is 0 Å². The highest BCUT2D eigenvalue weighted by Crippen LogP contribution is 2.34. The van der Waals surface area contributed by atoms with Crippen molar-refractivity contribution in [1.82, 2.24) is 10.2 Å². The first kappa shape index (κ1) is 17.9. The lowest BCUT2D eigenvalue weighted by molar-refractivity contribution is -0.128. The molecule has 5 nitrogen and oxygen atoms in total. The van der Waals surface area contributed by atoms with Gasteiger partial charge < -0.3 is 5.11 Å². The van der Waals surface area contributed by atoms with Crippen LogP contribution < -0.4 is 5.32 Å². The van der Waals surface area contributed by atoms with Gasteiger partial charge in [0.05, 0.1) is 0 Å². The SMILES string of the molecule is C=CCN1C(=O)C(=Cc2cccc(C(C)(C)C)c2O)C(=O)NC1=S. The number of nitrogens with zero attached hydrogens (tertiary/aromatic N) is 1. The molecule has 1 fully saturated rings. The van der Waals surface area contributed by atoms with E-state index in [1.54, 1.807) is 12.1 Å². The zero-order valence-electron chi connectivity index (χ0n) is 13.9. The molecule has 1 aliphatic heterocycles. The van der Waals surface area contributed by atoms with Crippen LogP contribution in [0.4, 0.5) is 0 Å². The minimum atomic E-state index is -0.578. The number of thiocarbonyl (C=S) groups is 1. The Bertz CT molecular complexity index is 760. The van der Waals surface area contributed by atoms with Crippen LogP contribution in [-0.4, -0.2) is 33.5 Å². The molecule has 1 aromatic carbocycles. The van der Waals surface area contributed by atoms with E-state index in [-0.39, 0.29) is 28.4 Å². The zero-order chi connectivity index (χ0) is 18.1. The number of aromatic hydroxyl groups is 1. The number of carbonyl (C=O) groups is 2. The van der Waals surface area contributed by atoms with Gasteiger partial charge in [0, 0.05) is 12.1 Å².